The van der Waals surface area contributed by atoms with Gasteiger partial charge in [0.15, 0.2) is 0 Å². The highest BCUT2D eigenvalue weighted by atomic mass is 16.6. The lowest BCUT2D eigenvalue weighted by atomic mass is 9.77. The summed E-state index contributed by atoms with van der Waals surface area (Å²) in [6.07, 6.45) is 4.89. The molecule has 2 aromatic rings. The maximum Gasteiger partial charge on any atom is 0.409 e. The zero-order chi connectivity index (χ0) is 26.6. The molecule has 0 unspecified atom stereocenters. The minimum atomic E-state index is -0.534. The fraction of sp³-hybridized carbons (Fsp3) is 0.500. The number of hydrogen-bond acceptors (Lipinski definition) is 5. The van der Waals surface area contributed by atoms with Crippen molar-refractivity contribution in [2.24, 2.45) is 0 Å². The molecule has 8 heteroatoms. The number of methoxy groups -OCH3 is 1. The smallest absolute Gasteiger partial charge is 0.409 e. The fourth-order valence-electron chi connectivity index (χ4n) is 6.25. The highest BCUT2D eigenvalue weighted by Crippen LogP contribution is 2.46. The number of ether oxygens (including phenoxy) is 2. The van der Waals surface area contributed by atoms with E-state index in [1.165, 1.54) is 6.42 Å². The van der Waals surface area contributed by atoms with Crippen molar-refractivity contribution in [2.75, 3.05) is 39.9 Å². The normalized spacial score (nSPS) is 22.2. The van der Waals surface area contributed by atoms with E-state index in [-0.39, 0.29) is 23.9 Å². The summed E-state index contributed by atoms with van der Waals surface area (Å²) in [4.78, 5) is 46.2. The van der Waals surface area contributed by atoms with E-state index in [1.54, 1.807) is 18.9 Å². The molecule has 5 rings (SSSR count). The van der Waals surface area contributed by atoms with Crippen molar-refractivity contribution in [2.45, 2.75) is 57.0 Å². The Morgan fingerprint density at radius 1 is 0.895 bits per heavy atom. The van der Waals surface area contributed by atoms with Crippen LogP contribution < -0.4 is 4.74 Å². The second kappa shape index (κ2) is 11.5. The zero-order valence-corrected chi connectivity index (χ0v) is 22.3. The van der Waals surface area contributed by atoms with E-state index in [9.17, 15) is 14.4 Å². The van der Waals surface area contributed by atoms with Crippen molar-refractivity contribution in [3.05, 3.63) is 65.2 Å². The van der Waals surface area contributed by atoms with Crippen LogP contribution in [0.3, 0.4) is 0 Å². The summed E-state index contributed by atoms with van der Waals surface area (Å²) in [6, 6.07) is 15.0. The summed E-state index contributed by atoms with van der Waals surface area (Å²) >= 11 is 0. The monoisotopic (exact) mass is 519 g/mol. The van der Waals surface area contributed by atoms with Crippen molar-refractivity contribution in [3.63, 3.8) is 0 Å². The van der Waals surface area contributed by atoms with Crippen LogP contribution in [0.5, 0.6) is 5.75 Å². The topological polar surface area (TPSA) is 79.4 Å². The summed E-state index contributed by atoms with van der Waals surface area (Å²) in [5.74, 6) is 0.200. The van der Waals surface area contributed by atoms with Gasteiger partial charge < -0.3 is 24.2 Å². The number of carbonyl (C=O) groups is 3. The van der Waals surface area contributed by atoms with Crippen LogP contribution in [-0.2, 0) is 9.53 Å². The first-order chi connectivity index (χ1) is 18.5. The van der Waals surface area contributed by atoms with Gasteiger partial charge in [0.2, 0.25) is 5.91 Å². The van der Waals surface area contributed by atoms with Gasteiger partial charge in [0, 0.05) is 37.8 Å². The second-order valence-corrected chi connectivity index (χ2v) is 10.3. The van der Waals surface area contributed by atoms with Crippen molar-refractivity contribution in [1.29, 1.82) is 0 Å². The van der Waals surface area contributed by atoms with E-state index >= 15 is 0 Å². The number of rotatable bonds is 5. The number of fused-ring (bicyclic) bond motifs is 1. The van der Waals surface area contributed by atoms with Crippen LogP contribution in [0.4, 0.5) is 4.79 Å². The minimum absolute atomic E-state index is 0.00417. The minimum Gasteiger partial charge on any atom is -0.497 e. The van der Waals surface area contributed by atoms with Crippen molar-refractivity contribution in [1.82, 2.24) is 14.7 Å². The van der Waals surface area contributed by atoms with Gasteiger partial charge in [-0.15, -0.1) is 0 Å². The fourth-order valence-corrected chi connectivity index (χ4v) is 6.25. The SMILES string of the molecule is CCOC(=O)N1CCN(C(=O)[C@H]2c3ccccc3C(=O)N(C3CCCCC3)[C@@H]2c2ccc(OC)cc2)CC1. The molecule has 1 saturated heterocycles. The summed E-state index contributed by atoms with van der Waals surface area (Å²) in [7, 11) is 1.63. The Morgan fingerprint density at radius 3 is 2.21 bits per heavy atom. The molecule has 0 bridgehead atoms. The predicted molar refractivity (Wildman–Crippen MR) is 143 cm³/mol. The summed E-state index contributed by atoms with van der Waals surface area (Å²) in [6.45, 7) is 3.84. The number of piperazine rings is 1. The van der Waals surface area contributed by atoms with Crippen LogP contribution in [0.15, 0.2) is 48.5 Å². The van der Waals surface area contributed by atoms with E-state index in [0.717, 1.165) is 42.6 Å². The van der Waals surface area contributed by atoms with Crippen LogP contribution in [0.25, 0.3) is 0 Å². The van der Waals surface area contributed by atoms with Gasteiger partial charge in [-0.3, -0.25) is 9.59 Å². The van der Waals surface area contributed by atoms with E-state index in [2.05, 4.69) is 0 Å². The number of benzene rings is 2. The van der Waals surface area contributed by atoms with E-state index in [1.807, 2.05) is 58.3 Å². The lowest BCUT2D eigenvalue weighted by molar-refractivity contribution is -0.136. The van der Waals surface area contributed by atoms with Gasteiger partial charge in [-0.25, -0.2) is 4.79 Å². The van der Waals surface area contributed by atoms with Crippen molar-refractivity contribution < 1.29 is 23.9 Å². The van der Waals surface area contributed by atoms with Crippen LogP contribution in [-0.4, -0.2) is 78.5 Å². The highest BCUT2D eigenvalue weighted by molar-refractivity contribution is 6.01. The van der Waals surface area contributed by atoms with Gasteiger partial charge in [0.25, 0.3) is 5.91 Å². The third kappa shape index (κ3) is 4.96. The Bertz CT molecular complexity index is 1150. The van der Waals surface area contributed by atoms with Crippen molar-refractivity contribution in [3.8, 4) is 5.75 Å². The van der Waals surface area contributed by atoms with Gasteiger partial charge >= 0.3 is 6.09 Å². The van der Waals surface area contributed by atoms with Gasteiger partial charge in [-0.05, 0) is 49.1 Å². The molecule has 1 aliphatic carbocycles. The lowest BCUT2D eigenvalue weighted by Crippen LogP contribution is -2.55. The Hall–Kier alpha value is -3.55. The number of carbonyl (C=O) groups excluding carboxylic acids is 3. The van der Waals surface area contributed by atoms with Gasteiger partial charge in [-0.2, -0.15) is 0 Å². The number of nitrogens with zero attached hydrogens (tertiary/aromatic N) is 3. The molecule has 38 heavy (non-hydrogen) atoms. The Balaban J connectivity index is 1.53. The molecule has 2 aliphatic heterocycles. The molecule has 0 N–H and O–H groups in total. The lowest BCUT2D eigenvalue weighted by Gasteiger charge is -2.48. The van der Waals surface area contributed by atoms with Crippen LogP contribution >= 0.6 is 0 Å². The molecular formula is C30H37N3O5. The molecule has 2 heterocycles. The van der Waals surface area contributed by atoms with E-state index < -0.39 is 12.0 Å². The van der Waals surface area contributed by atoms with Gasteiger partial charge in [0.1, 0.15) is 5.75 Å². The quantitative estimate of drug-likeness (QED) is 0.577. The average molecular weight is 520 g/mol. The molecule has 8 nitrogen and oxygen atoms in total. The maximum atomic E-state index is 14.4. The summed E-state index contributed by atoms with van der Waals surface area (Å²) in [5.41, 5.74) is 2.33. The second-order valence-electron chi connectivity index (χ2n) is 10.3. The molecule has 2 fully saturated rings. The molecule has 1 saturated carbocycles. The van der Waals surface area contributed by atoms with Crippen LogP contribution in [0.1, 0.15) is 72.5 Å². The maximum absolute atomic E-state index is 14.4. The largest absolute Gasteiger partial charge is 0.497 e. The number of amides is 3. The molecule has 2 aromatic carbocycles. The van der Waals surface area contributed by atoms with Crippen molar-refractivity contribution >= 4 is 17.9 Å². The first kappa shape index (κ1) is 26.1. The molecule has 0 spiro atoms. The van der Waals surface area contributed by atoms with Crippen LogP contribution in [0.2, 0.25) is 0 Å². The standard InChI is InChI=1S/C30H37N3O5/c1-3-38-30(36)32-19-17-31(18-20-32)29(35)26-24-11-7-8-12-25(24)28(34)33(22-9-5-4-6-10-22)27(26)21-13-15-23(37-2)16-14-21/h7-8,11-16,22,26-27H,3-6,9-10,17-20H2,1-2H3/t26-,27+/m0/s1. The molecule has 0 radical (unpaired) electrons. The zero-order valence-electron chi connectivity index (χ0n) is 22.3. The first-order valence-electron chi connectivity index (χ1n) is 13.8. The van der Waals surface area contributed by atoms with E-state index in [0.29, 0.717) is 38.3 Å². The molecule has 3 amide bonds. The highest BCUT2D eigenvalue weighted by Gasteiger charge is 2.48. The van der Waals surface area contributed by atoms with E-state index in [4.69, 9.17) is 9.47 Å². The third-order valence-corrected chi connectivity index (χ3v) is 8.19. The Kier molecular flexibility index (Phi) is 7.86. The average Bonchev–Trinajstić information content (AvgIpc) is 2.97. The molecule has 0 aromatic heterocycles. The Morgan fingerprint density at radius 2 is 1.55 bits per heavy atom. The summed E-state index contributed by atoms with van der Waals surface area (Å²) in [5, 5.41) is 0. The summed E-state index contributed by atoms with van der Waals surface area (Å²) < 4.78 is 10.6. The molecular weight excluding hydrogens is 482 g/mol. The molecule has 3 aliphatic rings. The van der Waals surface area contributed by atoms with Gasteiger partial charge in [0.05, 0.1) is 25.7 Å². The number of hydrogen-bond donors (Lipinski definition) is 0. The first-order valence-corrected chi connectivity index (χ1v) is 13.8. The van der Waals surface area contributed by atoms with Crippen LogP contribution in [0, 0.1) is 0 Å². The predicted octanol–water partition coefficient (Wildman–Crippen LogP) is 4.61. The molecule has 2 atom stereocenters. The molecule has 202 valence electrons. The third-order valence-electron chi connectivity index (χ3n) is 8.19. The van der Waals surface area contributed by atoms with Gasteiger partial charge in [-0.1, -0.05) is 49.6 Å². The Labute approximate surface area is 224 Å².